The average Bonchev–Trinajstić information content (AvgIpc) is 2.77. The van der Waals surface area contributed by atoms with Crippen molar-refractivity contribution in [2.45, 2.75) is 45.6 Å². The zero-order valence-electron chi connectivity index (χ0n) is 13.1. The van der Waals surface area contributed by atoms with E-state index in [0.717, 1.165) is 0 Å². The fraction of sp³-hybridized carbons (Fsp3) is 0.692. The molecule has 22 heavy (non-hydrogen) atoms. The van der Waals surface area contributed by atoms with Gasteiger partial charge >= 0.3 is 0 Å². The molecule has 1 unspecified atom stereocenters. The van der Waals surface area contributed by atoms with Gasteiger partial charge in [0.2, 0.25) is 13.1 Å². The molecule has 1 heterocycles. The Balaban J connectivity index is 2.93. The second-order valence-corrected chi connectivity index (χ2v) is 6.90. The molecule has 1 aliphatic heterocycles. The van der Waals surface area contributed by atoms with Crippen LogP contribution in [0.15, 0.2) is 11.8 Å². The van der Waals surface area contributed by atoms with Crippen LogP contribution in [0.5, 0.6) is 0 Å². The van der Waals surface area contributed by atoms with Gasteiger partial charge in [-0.2, -0.15) is 0 Å². The van der Waals surface area contributed by atoms with Gasteiger partial charge in [-0.15, -0.1) is 0 Å². The van der Waals surface area contributed by atoms with Gasteiger partial charge < -0.3 is 14.0 Å². The molecule has 7 nitrogen and oxygen atoms in total. The molecule has 1 fully saturated rings. The molecule has 0 saturated carbocycles. The van der Waals surface area contributed by atoms with Crippen LogP contribution in [0.2, 0.25) is 0 Å². The molecular formula is C13H22NO6PS. The van der Waals surface area contributed by atoms with Crippen molar-refractivity contribution < 1.29 is 28.2 Å². The van der Waals surface area contributed by atoms with Crippen molar-refractivity contribution in [2.24, 2.45) is 0 Å². The molecule has 9 heteroatoms. The number of ether oxygens (including phenoxy) is 2. The van der Waals surface area contributed by atoms with E-state index in [2.05, 4.69) is 12.2 Å². The van der Waals surface area contributed by atoms with Gasteiger partial charge in [0, 0.05) is 32.2 Å². The van der Waals surface area contributed by atoms with Gasteiger partial charge in [0.25, 0.3) is 0 Å². The van der Waals surface area contributed by atoms with E-state index in [1.165, 1.54) is 32.1 Å². The molecule has 1 aliphatic rings. The Morgan fingerprint density at radius 3 is 2.50 bits per heavy atom. The first-order chi connectivity index (χ1) is 10.3. The molecule has 4 atom stereocenters. The molecular weight excluding hydrogens is 329 g/mol. The van der Waals surface area contributed by atoms with Crippen LogP contribution in [0, 0.1) is 0 Å². The zero-order chi connectivity index (χ0) is 16.9. The summed E-state index contributed by atoms with van der Waals surface area (Å²) in [4.78, 5) is 24.5. The summed E-state index contributed by atoms with van der Waals surface area (Å²) in [5.74, 6) is -0.396. The average molecular weight is 351 g/mol. The number of rotatable bonds is 7. The molecule has 126 valence electrons. The first kappa shape index (κ1) is 19.4. The molecule has 0 spiro atoms. The summed E-state index contributed by atoms with van der Waals surface area (Å²) in [6, 6.07) is 0. The predicted molar refractivity (Wildman–Crippen MR) is 85.0 cm³/mol. The molecule has 1 rings (SSSR count). The van der Waals surface area contributed by atoms with Gasteiger partial charge in [-0.1, -0.05) is 12.2 Å². The van der Waals surface area contributed by atoms with Gasteiger partial charge in [-0.25, -0.2) is 0 Å². The highest BCUT2D eigenvalue weighted by Crippen LogP contribution is 2.36. The molecule has 0 radical (unpaired) electrons. The minimum Gasteiger partial charge on any atom is -0.382 e. The van der Waals surface area contributed by atoms with E-state index in [1.54, 1.807) is 6.92 Å². The standard InChI is InChI=1S/C13H22NO6PS/c1-8(9(2)15)6-14(10(3)16)13-5-11(20-21(17)22)12(19-13)7-18-4/h6,11-13,21H,5,7H2,1-4H3,(H,17,22)/b8-6-/t11-,12+,13+/m0/s1. The van der Waals surface area contributed by atoms with E-state index in [9.17, 15) is 14.2 Å². The van der Waals surface area contributed by atoms with Crippen LogP contribution in [0.25, 0.3) is 0 Å². The van der Waals surface area contributed by atoms with Crippen molar-refractivity contribution in [3.8, 4) is 0 Å². The van der Waals surface area contributed by atoms with Crippen LogP contribution < -0.4 is 0 Å². The third-order valence-corrected chi connectivity index (χ3v) is 4.15. The first-order valence-corrected chi connectivity index (χ1v) is 9.39. The second-order valence-electron chi connectivity index (χ2n) is 5.04. The molecule has 0 bridgehead atoms. The van der Waals surface area contributed by atoms with E-state index in [1.807, 2.05) is 0 Å². The lowest BCUT2D eigenvalue weighted by molar-refractivity contribution is -0.139. The maximum atomic E-state index is 11.8. The van der Waals surface area contributed by atoms with Gasteiger partial charge in [0.05, 0.1) is 12.7 Å². The van der Waals surface area contributed by atoms with Crippen LogP contribution >= 0.6 is 19.5 Å². The lowest BCUT2D eigenvalue weighted by atomic mass is 10.2. The Morgan fingerprint density at radius 1 is 1.41 bits per heavy atom. The van der Waals surface area contributed by atoms with Crippen molar-refractivity contribution in [3.05, 3.63) is 11.8 Å². The number of thiol groups is 1. The van der Waals surface area contributed by atoms with E-state index in [4.69, 9.17) is 14.0 Å². The lowest BCUT2D eigenvalue weighted by Crippen LogP contribution is -2.35. The summed E-state index contributed by atoms with van der Waals surface area (Å²) >= 11 is 3.78. The Morgan fingerprint density at radius 2 is 2.05 bits per heavy atom. The van der Waals surface area contributed by atoms with Crippen LogP contribution in [0.4, 0.5) is 0 Å². The Kier molecular flexibility index (Phi) is 7.79. The van der Waals surface area contributed by atoms with E-state index >= 15 is 0 Å². The third kappa shape index (κ3) is 5.52. The normalized spacial score (nSPS) is 26.8. The highest BCUT2D eigenvalue weighted by atomic mass is 32.7. The summed E-state index contributed by atoms with van der Waals surface area (Å²) in [5.41, 5.74) is 0.439. The highest BCUT2D eigenvalue weighted by molar-refractivity contribution is 8.39. The maximum Gasteiger partial charge on any atom is 0.243 e. The molecule has 1 saturated heterocycles. The van der Waals surface area contributed by atoms with E-state index < -0.39 is 25.7 Å². The number of carbonyl (C=O) groups excluding carboxylic acids is 2. The number of amides is 1. The van der Waals surface area contributed by atoms with Gasteiger partial charge in [-0.05, 0) is 13.8 Å². The summed E-state index contributed by atoms with van der Waals surface area (Å²) < 4.78 is 27.3. The fourth-order valence-corrected chi connectivity index (χ4v) is 3.03. The van der Waals surface area contributed by atoms with Crippen molar-refractivity contribution >= 4 is 31.2 Å². The Hall–Kier alpha value is -0.660. The van der Waals surface area contributed by atoms with Crippen molar-refractivity contribution in [2.75, 3.05) is 13.7 Å². The highest BCUT2D eigenvalue weighted by Gasteiger charge is 2.40. The largest absolute Gasteiger partial charge is 0.382 e. The SMILES string of the molecule is COC[C@H]1O[C@@H](N(/C=C(/C)C(C)=O)C(C)=O)C[C@@H]1O[PH](=O)S. The van der Waals surface area contributed by atoms with Gasteiger partial charge in [-0.3, -0.25) is 19.1 Å². The molecule has 1 amide bonds. The number of methoxy groups -OCH3 is 1. The zero-order valence-corrected chi connectivity index (χ0v) is 15.0. The topological polar surface area (TPSA) is 82.1 Å². The summed E-state index contributed by atoms with van der Waals surface area (Å²) in [5, 5.41) is 0. The van der Waals surface area contributed by atoms with Crippen molar-refractivity contribution in [1.82, 2.24) is 4.90 Å². The summed E-state index contributed by atoms with van der Waals surface area (Å²) in [6.45, 7) is 4.67. The van der Waals surface area contributed by atoms with Crippen LogP contribution in [-0.2, 0) is 28.2 Å². The van der Waals surface area contributed by atoms with E-state index in [-0.39, 0.29) is 18.3 Å². The van der Waals surface area contributed by atoms with Crippen molar-refractivity contribution in [3.63, 3.8) is 0 Å². The molecule has 0 aliphatic carbocycles. The number of hydrogen-bond donors (Lipinski definition) is 1. The smallest absolute Gasteiger partial charge is 0.243 e. The third-order valence-electron chi connectivity index (χ3n) is 3.33. The number of nitrogens with zero attached hydrogens (tertiary/aromatic N) is 1. The van der Waals surface area contributed by atoms with Crippen LogP contribution in [-0.4, -0.2) is 48.7 Å². The number of ketones is 1. The number of carbonyl (C=O) groups is 2. The summed E-state index contributed by atoms with van der Waals surface area (Å²) in [6.07, 6.45) is 0.245. The van der Waals surface area contributed by atoms with E-state index in [0.29, 0.717) is 12.0 Å². The quantitative estimate of drug-likeness (QED) is 0.428. The fourth-order valence-electron chi connectivity index (χ4n) is 2.12. The number of Topliss-reactive ketones (excluding diaryl/α,β-unsaturated/α-hetero) is 1. The maximum absolute atomic E-state index is 11.8. The minimum absolute atomic E-state index is 0.133. The molecule has 0 aromatic rings. The van der Waals surface area contributed by atoms with Crippen LogP contribution in [0.3, 0.4) is 0 Å². The number of allylic oxidation sites excluding steroid dienone is 1. The van der Waals surface area contributed by atoms with Gasteiger partial charge in [0.1, 0.15) is 12.3 Å². The van der Waals surface area contributed by atoms with Crippen LogP contribution in [0.1, 0.15) is 27.2 Å². The lowest BCUT2D eigenvalue weighted by Gasteiger charge is -2.24. The molecule has 0 aromatic heterocycles. The second kappa shape index (κ2) is 8.84. The van der Waals surface area contributed by atoms with Crippen molar-refractivity contribution in [1.29, 1.82) is 0 Å². The summed E-state index contributed by atoms with van der Waals surface area (Å²) in [7, 11) is -0.923. The van der Waals surface area contributed by atoms with Gasteiger partial charge in [0.15, 0.2) is 5.78 Å². The minimum atomic E-state index is -2.44. The monoisotopic (exact) mass is 351 g/mol. The Bertz CT molecular complexity index is 483. The number of hydrogen-bond acceptors (Lipinski definition) is 6. The Labute approximate surface area is 136 Å². The predicted octanol–water partition coefficient (Wildman–Crippen LogP) is 1.79. The first-order valence-electron chi connectivity index (χ1n) is 6.78. The molecule has 0 aromatic carbocycles. The molecule has 0 N–H and O–H groups in total.